The Bertz CT molecular complexity index is 942. The summed E-state index contributed by atoms with van der Waals surface area (Å²) in [5.41, 5.74) is 2.08. The zero-order valence-electron chi connectivity index (χ0n) is 16.5. The first-order valence-electron chi connectivity index (χ1n) is 10.0. The normalized spacial score (nSPS) is 13.6. The van der Waals surface area contributed by atoms with Gasteiger partial charge in [0.25, 0.3) is 0 Å². The number of hydrogen-bond donors (Lipinski definition) is 1. The maximum absolute atomic E-state index is 12.8. The molecule has 5 nitrogen and oxygen atoms in total. The van der Waals surface area contributed by atoms with Crippen molar-refractivity contribution in [2.75, 3.05) is 23.7 Å². The number of thioether (sulfide) groups is 1. The fourth-order valence-electron chi connectivity index (χ4n) is 3.54. The molecule has 0 unspecified atom stereocenters. The second kappa shape index (κ2) is 9.96. The van der Waals surface area contributed by atoms with Crippen LogP contribution in [-0.2, 0) is 4.79 Å². The van der Waals surface area contributed by atoms with Crippen LogP contribution in [0.2, 0.25) is 5.15 Å². The molecule has 1 aliphatic rings. The molecule has 0 radical (unpaired) electrons. The van der Waals surface area contributed by atoms with Crippen molar-refractivity contribution in [2.45, 2.75) is 24.0 Å². The van der Waals surface area contributed by atoms with Gasteiger partial charge in [0.1, 0.15) is 11.0 Å². The number of halogens is 1. The first kappa shape index (κ1) is 20.7. The first-order valence-corrected chi connectivity index (χ1v) is 11.4. The van der Waals surface area contributed by atoms with E-state index in [1.165, 1.54) is 11.8 Å². The predicted octanol–water partition coefficient (Wildman–Crippen LogP) is 4.73. The van der Waals surface area contributed by atoms with Gasteiger partial charge in [0.15, 0.2) is 5.16 Å². The number of carbonyl (C=O) groups excluding carboxylic acids is 1. The van der Waals surface area contributed by atoms with Crippen LogP contribution in [0.1, 0.15) is 30.0 Å². The Hall–Kier alpha value is -2.57. The highest BCUT2D eigenvalue weighted by molar-refractivity contribution is 7.99. The van der Waals surface area contributed by atoms with Crippen LogP contribution >= 0.6 is 23.4 Å². The Balaban J connectivity index is 1.44. The molecular formula is C23H23ClN4OS. The summed E-state index contributed by atoms with van der Waals surface area (Å²) in [7, 11) is 0. The lowest BCUT2D eigenvalue weighted by Crippen LogP contribution is -2.30. The maximum atomic E-state index is 12.8. The van der Waals surface area contributed by atoms with Crippen LogP contribution in [-0.4, -0.2) is 34.7 Å². The van der Waals surface area contributed by atoms with Gasteiger partial charge in [0, 0.05) is 19.2 Å². The van der Waals surface area contributed by atoms with Crippen LogP contribution in [0.4, 0.5) is 5.82 Å². The van der Waals surface area contributed by atoms with Crippen molar-refractivity contribution in [1.29, 1.82) is 0 Å². The molecule has 1 N–H and O–H groups in total. The zero-order chi connectivity index (χ0) is 20.8. The first-order chi connectivity index (χ1) is 14.7. The molecule has 3 aromatic rings. The summed E-state index contributed by atoms with van der Waals surface area (Å²) < 4.78 is 0. The van der Waals surface area contributed by atoms with Crippen molar-refractivity contribution in [3.8, 4) is 0 Å². The minimum absolute atomic E-state index is 0.0796. The number of nitrogens with one attached hydrogen (secondary N) is 1. The van der Waals surface area contributed by atoms with Crippen LogP contribution in [0.3, 0.4) is 0 Å². The van der Waals surface area contributed by atoms with Crippen LogP contribution in [0.5, 0.6) is 0 Å². The third-order valence-electron chi connectivity index (χ3n) is 4.99. The highest BCUT2D eigenvalue weighted by atomic mass is 35.5. The van der Waals surface area contributed by atoms with Crippen molar-refractivity contribution < 1.29 is 4.79 Å². The van der Waals surface area contributed by atoms with E-state index in [2.05, 4.69) is 20.2 Å². The molecule has 1 saturated heterocycles. The molecule has 1 amide bonds. The number of benzene rings is 2. The smallest absolute Gasteiger partial charge is 0.231 e. The molecule has 4 rings (SSSR count). The topological polar surface area (TPSA) is 58.1 Å². The largest absolute Gasteiger partial charge is 0.356 e. The van der Waals surface area contributed by atoms with E-state index >= 15 is 0 Å². The molecule has 2 heterocycles. The van der Waals surface area contributed by atoms with E-state index in [0.717, 1.165) is 42.9 Å². The monoisotopic (exact) mass is 438 g/mol. The quantitative estimate of drug-likeness (QED) is 0.328. The number of carbonyl (C=O) groups is 1. The van der Waals surface area contributed by atoms with Crippen LogP contribution in [0.15, 0.2) is 71.9 Å². The predicted molar refractivity (Wildman–Crippen MR) is 122 cm³/mol. The van der Waals surface area contributed by atoms with Crippen LogP contribution in [0, 0.1) is 0 Å². The summed E-state index contributed by atoms with van der Waals surface area (Å²) in [6, 6.07) is 21.5. The Labute approximate surface area is 185 Å². The number of nitrogens with zero attached hydrogens (tertiary/aromatic N) is 3. The van der Waals surface area contributed by atoms with Crippen LogP contribution in [0.25, 0.3) is 0 Å². The van der Waals surface area contributed by atoms with Crippen molar-refractivity contribution >= 4 is 35.1 Å². The summed E-state index contributed by atoms with van der Waals surface area (Å²) in [5.74, 6) is 0.974. The molecule has 0 spiro atoms. The van der Waals surface area contributed by atoms with E-state index in [4.69, 9.17) is 11.6 Å². The molecule has 0 aliphatic carbocycles. The van der Waals surface area contributed by atoms with Gasteiger partial charge in [-0.25, -0.2) is 9.97 Å². The van der Waals surface area contributed by atoms with E-state index in [0.29, 0.717) is 10.3 Å². The Morgan fingerprint density at radius 1 is 1.00 bits per heavy atom. The number of rotatable bonds is 7. The molecule has 0 saturated carbocycles. The lowest BCUT2D eigenvalue weighted by molar-refractivity contribution is -0.119. The summed E-state index contributed by atoms with van der Waals surface area (Å²) in [6.07, 6.45) is 2.32. The van der Waals surface area contributed by atoms with Gasteiger partial charge >= 0.3 is 0 Å². The molecular weight excluding hydrogens is 416 g/mol. The number of anilines is 1. The average molecular weight is 439 g/mol. The average Bonchev–Trinajstić information content (AvgIpc) is 3.32. The molecule has 1 fully saturated rings. The van der Waals surface area contributed by atoms with Gasteiger partial charge in [0.2, 0.25) is 5.91 Å². The van der Waals surface area contributed by atoms with Gasteiger partial charge in [-0.2, -0.15) is 0 Å². The van der Waals surface area contributed by atoms with E-state index in [1.54, 1.807) is 6.07 Å². The van der Waals surface area contributed by atoms with E-state index in [9.17, 15) is 4.79 Å². The number of aromatic nitrogens is 2. The summed E-state index contributed by atoms with van der Waals surface area (Å²) in [6.45, 7) is 1.96. The van der Waals surface area contributed by atoms with Gasteiger partial charge in [0.05, 0.1) is 11.8 Å². The molecule has 154 valence electrons. The van der Waals surface area contributed by atoms with E-state index in [1.807, 2.05) is 60.7 Å². The van der Waals surface area contributed by atoms with Gasteiger partial charge in [-0.1, -0.05) is 84.0 Å². The van der Waals surface area contributed by atoms with Crippen LogP contribution < -0.4 is 10.2 Å². The van der Waals surface area contributed by atoms with E-state index < -0.39 is 0 Å². The molecule has 7 heteroatoms. The lowest BCUT2D eigenvalue weighted by Gasteiger charge is -2.20. The highest BCUT2D eigenvalue weighted by Gasteiger charge is 2.19. The van der Waals surface area contributed by atoms with Gasteiger partial charge in [-0.05, 0) is 24.0 Å². The fourth-order valence-corrected chi connectivity index (χ4v) is 4.43. The summed E-state index contributed by atoms with van der Waals surface area (Å²) in [5, 5.41) is 4.07. The zero-order valence-corrected chi connectivity index (χ0v) is 18.1. The standard InChI is InChI=1S/C23H23ClN4OS/c24-19-15-20(28-13-7-8-14-28)26-23(25-19)30-16-21(29)27-22(17-9-3-1-4-10-17)18-11-5-2-6-12-18/h1-6,9-12,15,22H,7-8,13-14,16H2,(H,27,29). The number of hydrogen-bond acceptors (Lipinski definition) is 5. The summed E-state index contributed by atoms with van der Waals surface area (Å²) in [4.78, 5) is 23.9. The highest BCUT2D eigenvalue weighted by Crippen LogP contribution is 2.25. The second-order valence-corrected chi connectivity index (χ2v) is 8.47. The van der Waals surface area contributed by atoms with Crippen molar-refractivity contribution in [2.24, 2.45) is 0 Å². The molecule has 0 atom stereocenters. The third kappa shape index (κ3) is 5.32. The van der Waals surface area contributed by atoms with Crippen molar-refractivity contribution in [3.05, 3.63) is 83.0 Å². The Morgan fingerprint density at radius 3 is 2.20 bits per heavy atom. The van der Waals surface area contributed by atoms with Gasteiger partial charge in [-0.15, -0.1) is 0 Å². The summed E-state index contributed by atoms with van der Waals surface area (Å²) >= 11 is 7.50. The van der Waals surface area contributed by atoms with Crippen molar-refractivity contribution in [1.82, 2.24) is 15.3 Å². The van der Waals surface area contributed by atoms with Gasteiger partial charge < -0.3 is 10.2 Å². The molecule has 1 aromatic heterocycles. The minimum Gasteiger partial charge on any atom is -0.356 e. The molecule has 2 aromatic carbocycles. The SMILES string of the molecule is O=C(CSc1nc(Cl)cc(N2CCCC2)n1)NC(c1ccccc1)c1ccccc1. The molecule has 30 heavy (non-hydrogen) atoms. The second-order valence-electron chi connectivity index (χ2n) is 7.14. The maximum Gasteiger partial charge on any atom is 0.231 e. The fraction of sp³-hybridized carbons (Fsp3) is 0.261. The lowest BCUT2D eigenvalue weighted by atomic mass is 9.99. The minimum atomic E-state index is -0.207. The Morgan fingerprint density at radius 2 is 1.60 bits per heavy atom. The third-order valence-corrected chi connectivity index (χ3v) is 6.04. The Kier molecular flexibility index (Phi) is 6.87. The van der Waals surface area contributed by atoms with Crippen molar-refractivity contribution in [3.63, 3.8) is 0 Å². The number of amides is 1. The van der Waals surface area contributed by atoms with E-state index in [-0.39, 0.29) is 17.7 Å². The van der Waals surface area contributed by atoms with Gasteiger partial charge in [-0.3, -0.25) is 4.79 Å². The molecule has 0 bridgehead atoms. The molecule has 1 aliphatic heterocycles.